The Morgan fingerprint density at radius 2 is 2.00 bits per heavy atom. The SMILES string of the molecule is Cc1cc(N=C=O)c(C)cc1Br. The lowest BCUT2D eigenvalue weighted by molar-refractivity contribution is 0.565. The van der Waals surface area contributed by atoms with Crippen molar-refractivity contribution in [1.29, 1.82) is 0 Å². The van der Waals surface area contributed by atoms with Gasteiger partial charge in [0, 0.05) is 4.47 Å². The lowest BCUT2D eigenvalue weighted by Crippen LogP contribution is -1.79. The fraction of sp³-hybridized carbons (Fsp3) is 0.222. The minimum Gasteiger partial charge on any atom is -0.211 e. The van der Waals surface area contributed by atoms with Crippen LogP contribution in [0.15, 0.2) is 21.6 Å². The molecule has 2 nitrogen and oxygen atoms in total. The maximum atomic E-state index is 10.0. The van der Waals surface area contributed by atoms with E-state index in [9.17, 15) is 4.79 Å². The monoisotopic (exact) mass is 225 g/mol. The van der Waals surface area contributed by atoms with E-state index < -0.39 is 0 Å². The highest BCUT2D eigenvalue weighted by Crippen LogP contribution is 2.25. The normalized spacial score (nSPS) is 9.25. The minimum absolute atomic E-state index is 0.686. The van der Waals surface area contributed by atoms with Crippen molar-refractivity contribution in [2.45, 2.75) is 13.8 Å². The maximum Gasteiger partial charge on any atom is 0.240 e. The summed E-state index contributed by atoms with van der Waals surface area (Å²) in [5.41, 5.74) is 2.72. The number of hydrogen-bond donors (Lipinski definition) is 0. The number of nitrogens with zero attached hydrogens (tertiary/aromatic N) is 1. The van der Waals surface area contributed by atoms with E-state index in [1.807, 2.05) is 26.0 Å². The average Bonchev–Trinajstić information content (AvgIpc) is 2.01. The molecule has 0 bridgehead atoms. The van der Waals surface area contributed by atoms with E-state index in [0.717, 1.165) is 15.6 Å². The number of hydrogen-bond acceptors (Lipinski definition) is 2. The summed E-state index contributed by atoms with van der Waals surface area (Å²) in [5.74, 6) is 0. The zero-order valence-corrected chi connectivity index (χ0v) is 8.47. The molecule has 0 N–H and O–H groups in total. The lowest BCUT2D eigenvalue weighted by Gasteiger charge is -2.02. The first-order chi connectivity index (χ1) is 5.65. The third-order valence-corrected chi connectivity index (χ3v) is 2.50. The van der Waals surface area contributed by atoms with Crippen LogP contribution in [0.3, 0.4) is 0 Å². The molecule has 0 atom stereocenters. The quantitative estimate of drug-likeness (QED) is 0.534. The first-order valence-corrected chi connectivity index (χ1v) is 4.29. The molecular formula is C9H8BrNO. The van der Waals surface area contributed by atoms with E-state index in [0.29, 0.717) is 5.69 Å². The van der Waals surface area contributed by atoms with E-state index in [1.54, 1.807) is 0 Å². The second-order valence-electron chi connectivity index (χ2n) is 2.59. The Morgan fingerprint density at radius 3 is 2.58 bits per heavy atom. The predicted molar refractivity (Wildman–Crippen MR) is 51.4 cm³/mol. The van der Waals surface area contributed by atoms with Gasteiger partial charge >= 0.3 is 0 Å². The number of aryl methyl sites for hydroxylation is 2. The Labute approximate surface area is 79.5 Å². The third-order valence-electron chi connectivity index (χ3n) is 1.64. The smallest absolute Gasteiger partial charge is 0.211 e. The first-order valence-electron chi connectivity index (χ1n) is 3.50. The molecule has 0 unspecified atom stereocenters. The summed E-state index contributed by atoms with van der Waals surface area (Å²) in [7, 11) is 0. The van der Waals surface area contributed by atoms with Gasteiger partial charge in [0.1, 0.15) is 0 Å². The highest BCUT2D eigenvalue weighted by Gasteiger charge is 2.00. The Kier molecular flexibility index (Phi) is 2.79. The van der Waals surface area contributed by atoms with Crippen LogP contribution in [0.5, 0.6) is 0 Å². The van der Waals surface area contributed by atoms with E-state index in [2.05, 4.69) is 20.9 Å². The van der Waals surface area contributed by atoms with Gasteiger partial charge in [-0.1, -0.05) is 15.9 Å². The summed E-state index contributed by atoms with van der Waals surface area (Å²) in [6.45, 7) is 3.85. The lowest BCUT2D eigenvalue weighted by atomic mass is 10.1. The molecule has 0 aliphatic heterocycles. The van der Waals surface area contributed by atoms with Crippen molar-refractivity contribution in [1.82, 2.24) is 0 Å². The van der Waals surface area contributed by atoms with Gasteiger partial charge in [-0.05, 0) is 37.1 Å². The van der Waals surface area contributed by atoms with Crippen molar-refractivity contribution in [2.75, 3.05) is 0 Å². The van der Waals surface area contributed by atoms with Gasteiger partial charge in [0.15, 0.2) is 0 Å². The van der Waals surface area contributed by atoms with Crippen molar-refractivity contribution in [3.63, 3.8) is 0 Å². The molecular weight excluding hydrogens is 218 g/mol. The number of carbonyl (C=O) groups excluding carboxylic acids is 1. The standard InChI is InChI=1S/C9H8BrNO/c1-6-4-9(11-5-12)7(2)3-8(6)10/h3-4H,1-2H3. The average molecular weight is 226 g/mol. The molecule has 0 saturated heterocycles. The Morgan fingerprint density at radius 1 is 1.33 bits per heavy atom. The van der Waals surface area contributed by atoms with Crippen LogP contribution in [0.2, 0.25) is 0 Å². The maximum absolute atomic E-state index is 10.0. The van der Waals surface area contributed by atoms with Gasteiger partial charge in [0.2, 0.25) is 6.08 Å². The van der Waals surface area contributed by atoms with Crippen molar-refractivity contribution in [2.24, 2.45) is 4.99 Å². The van der Waals surface area contributed by atoms with Crippen LogP contribution in [-0.2, 0) is 4.79 Å². The molecule has 0 aromatic heterocycles. The number of isocyanates is 1. The predicted octanol–water partition coefficient (Wildman–Crippen LogP) is 3.03. The first kappa shape index (κ1) is 9.17. The van der Waals surface area contributed by atoms with Crippen molar-refractivity contribution in [3.8, 4) is 0 Å². The molecule has 12 heavy (non-hydrogen) atoms. The van der Waals surface area contributed by atoms with Gasteiger partial charge in [-0.25, -0.2) is 4.79 Å². The Balaban J connectivity index is 3.32. The Bertz CT molecular complexity index is 354. The van der Waals surface area contributed by atoms with Crippen LogP contribution < -0.4 is 0 Å². The van der Waals surface area contributed by atoms with Gasteiger partial charge in [0.05, 0.1) is 5.69 Å². The van der Waals surface area contributed by atoms with Crippen LogP contribution >= 0.6 is 15.9 Å². The van der Waals surface area contributed by atoms with E-state index in [-0.39, 0.29) is 0 Å². The summed E-state index contributed by atoms with van der Waals surface area (Å²) in [6.07, 6.45) is 1.53. The zero-order valence-electron chi connectivity index (χ0n) is 6.89. The molecule has 0 aliphatic rings. The molecule has 0 radical (unpaired) electrons. The summed E-state index contributed by atoms with van der Waals surface area (Å²) >= 11 is 3.39. The molecule has 62 valence electrons. The second kappa shape index (κ2) is 3.65. The molecule has 1 aromatic carbocycles. The highest BCUT2D eigenvalue weighted by molar-refractivity contribution is 9.10. The topological polar surface area (TPSA) is 29.4 Å². The molecule has 0 heterocycles. The number of halogens is 1. The van der Waals surface area contributed by atoms with Crippen molar-refractivity contribution in [3.05, 3.63) is 27.7 Å². The van der Waals surface area contributed by atoms with Crippen LogP contribution in [0, 0.1) is 13.8 Å². The Hall–Kier alpha value is -0.920. The third kappa shape index (κ3) is 1.81. The molecule has 3 heteroatoms. The zero-order chi connectivity index (χ0) is 9.14. The number of aliphatic imine (C=N–C) groups is 1. The molecule has 0 spiro atoms. The number of benzene rings is 1. The van der Waals surface area contributed by atoms with Gasteiger partial charge in [0.25, 0.3) is 0 Å². The van der Waals surface area contributed by atoms with Crippen LogP contribution in [0.25, 0.3) is 0 Å². The molecule has 1 rings (SSSR count). The van der Waals surface area contributed by atoms with Crippen LogP contribution in [-0.4, -0.2) is 6.08 Å². The second-order valence-corrected chi connectivity index (χ2v) is 3.45. The molecule has 1 aromatic rings. The summed E-state index contributed by atoms with van der Waals surface area (Å²) in [6, 6.07) is 3.79. The molecule has 0 fully saturated rings. The highest BCUT2D eigenvalue weighted by atomic mass is 79.9. The van der Waals surface area contributed by atoms with Crippen molar-refractivity contribution >= 4 is 27.7 Å². The van der Waals surface area contributed by atoms with E-state index in [4.69, 9.17) is 0 Å². The van der Waals surface area contributed by atoms with E-state index in [1.165, 1.54) is 6.08 Å². The van der Waals surface area contributed by atoms with Crippen molar-refractivity contribution < 1.29 is 4.79 Å². The van der Waals surface area contributed by atoms with E-state index >= 15 is 0 Å². The largest absolute Gasteiger partial charge is 0.240 e. The van der Waals surface area contributed by atoms with Gasteiger partial charge < -0.3 is 0 Å². The van der Waals surface area contributed by atoms with Crippen LogP contribution in [0.4, 0.5) is 5.69 Å². The molecule has 0 aliphatic carbocycles. The summed E-state index contributed by atoms with van der Waals surface area (Å²) < 4.78 is 1.03. The summed E-state index contributed by atoms with van der Waals surface area (Å²) in [4.78, 5) is 13.6. The molecule has 0 saturated carbocycles. The van der Waals surface area contributed by atoms with Crippen LogP contribution in [0.1, 0.15) is 11.1 Å². The molecule has 0 amide bonds. The van der Waals surface area contributed by atoms with Gasteiger partial charge in [-0.2, -0.15) is 4.99 Å². The summed E-state index contributed by atoms with van der Waals surface area (Å²) in [5, 5.41) is 0. The fourth-order valence-electron chi connectivity index (χ4n) is 0.935. The fourth-order valence-corrected chi connectivity index (χ4v) is 1.39. The number of rotatable bonds is 1. The van der Waals surface area contributed by atoms with Gasteiger partial charge in [-0.3, -0.25) is 0 Å². The van der Waals surface area contributed by atoms with Gasteiger partial charge in [-0.15, -0.1) is 0 Å². The minimum atomic E-state index is 0.686.